The highest BCUT2D eigenvalue weighted by atomic mass is 31.2. The van der Waals surface area contributed by atoms with Crippen molar-refractivity contribution >= 4 is 35.0 Å². The number of hydrogen-bond acceptors (Lipinski definition) is 4. The van der Waals surface area contributed by atoms with Crippen molar-refractivity contribution in [2.45, 2.75) is 45.6 Å². The van der Waals surface area contributed by atoms with E-state index in [4.69, 9.17) is 11.6 Å². The van der Waals surface area contributed by atoms with Crippen LogP contribution in [-0.2, 0) is 4.57 Å². The number of H-pyrrole nitrogens is 1. The molecule has 6 nitrogen and oxygen atoms in total. The summed E-state index contributed by atoms with van der Waals surface area (Å²) in [4.78, 5) is 16.2. The Hall–Kier alpha value is -2.64. The third-order valence-electron chi connectivity index (χ3n) is 6.04. The molecule has 2 aromatic heterocycles. The maximum absolute atomic E-state index is 12.9. The molecule has 1 aromatic carbocycles. The Morgan fingerprint density at radius 2 is 1.97 bits per heavy atom. The van der Waals surface area contributed by atoms with Crippen molar-refractivity contribution < 1.29 is 4.57 Å². The predicted molar refractivity (Wildman–Crippen MR) is 124 cm³/mol. The summed E-state index contributed by atoms with van der Waals surface area (Å²) in [6.45, 7) is 15.2. The zero-order chi connectivity index (χ0) is 21.5. The molecule has 2 heterocycles. The van der Waals surface area contributed by atoms with Crippen LogP contribution in [0.25, 0.3) is 27.0 Å². The summed E-state index contributed by atoms with van der Waals surface area (Å²) in [7, 11) is -2.64. The van der Waals surface area contributed by atoms with E-state index in [1.165, 1.54) is 12.8 Å². The van der Waals surface area contributed by atoms with Crippen molar-refractivity contribution in [3.8, 4) is 11.3 Å². The van der Waals surface area contributed by atoms with Gasteiger partial charge in [-0.3, -0.25) is 0 Å². The van der Waals surface area contributed by atoms with Gasteiger partial charge in [0.2, 0.25) is 5.95 Å². The van der Waals surface area contributed by atoms with E-state index in [9.17, 15) is 4.57 Å². The average molecular weight is 421 g/mol. The molecule has 0 radical (unpaired) electrons. The number of fused-ring (bicyclic) bond motifs is 1. The molecule has 0 unspecified atom stereocenters. The van der Waals surface area contributed by atoms with Gasteiger partial charge in [0, 0.05) is 40.2 Å². The Balaban J connectivity index is 1.76. The van der Waals surface area contributed by atoms with Gasteiger partial charge in [0.1, 0.15) is 7.14 Å². The minimum atomic E-state index is -2.64. The Bertz CT molecular complexity index is 1180. The average Bonchev–Trinajstić information content (AvgIpc) is 3.13. The summed E-state index contributed by atoms with van der Waals surface area (Å²) in [6.07, 6.45) is 8.52. The minimum Gasteiger partial charge on any atom is -0.361 e. The van der Waals surface area contributed by atoms with Crippen LogP contribution in [-0.4, -0.2) is 34.3 Å². The maximum Gasteiger partial charge on any atom is 0.223 e. The second-order valence-electron chi connectivity index (χ2n) is 8.85. The van der Waals surface area contributed by atoms with Gasteiger partial charge in [-0.2, -0.15) is 0 Å². The lowest BCUT2D eigenvalue weighted by molar-refractivity contribution is 0.360. The van der Waals surface area contributed by atoms with Gasteiger partial charge in [-0.1, -0.05) is 19.1 Å². The summed E-state index contributed by atoms with van der Waals surface area (Å²) in [5.41, 5.74) is 3.98. The Labute approximate surface area is 177 Å². The zero-order valence-electron chi connectivity index (χ0n) is 18.0. The van der Waals surface area contributed by atoms with E-state index in [0.717, 1.165) is 46.5 Å². The van der Waals surface area contributed by atoms with Gasteiger partial charge in [0.15, 0.2) is 5.69 Å². The molecule has 1 aliphatic rings. The van der Waals surface area contributed by atoms with Gasteiger partial charge >= 0.3 is 0 Å². The molecule has 0 spiro atoms. The normalized spacial score (nSPS) is 19.6. The second-order valence-corrected chi connectivity index (χ2v) is 12.0. The quantitative estimate of drug-likeness (QED) is 0.417. The molecule has 0 amide bonds. The van der Waals surface area contributed by atoms with Crippen molar-refractivity contribution in [1.29, 1.82) is 0 Å². The van der Waals surface area contributed by atoms with Crippen molar-refractivity contribution in [3.05, 3.63) is 41.5 Å². The number of rotatable bonds is 4. The molecule has 0 saturated heterocycles. The molecule has 1 fully saturated rings. The van der Waals surface area contributed by atoms with Crippen LogP contribution in [0.4, 0.5) is 11.6 Å². The number of nitrogens with zero attached hydrogens (tertiary/aromatic N) is 3. The fraction of sp³-hybridized carbons (Fsp3) is 0.435. The smallest absolute Gasteiger partial charge is 0.223 e. The largest absolute Gasteiger partial charge is 0.361 e. The van der Waals surface area contributed by atoms with Gasteiger partial charge in [-0.05, 0) is 57.4 Å². The molecule has 156 valence electrons. The van der Waals surface area contributed by atoms with Crippen LogP contribution in [0, 0.1) is 19.4 Å². The summed E-state index contributed by atoms with van der Waals surface area (Å²) < 4.78 is 12.9. The predicted octanol–water partition coefficient (Wildman–Crippen LogP) is 5.72. The fourth-order valence-corrected chi connectivity index (χ4v) is 5.78. The van der Waals surface area contributed by atoms with Gasteiger partial charge in [-0.15, -0.1) is 0 Å². The topological polar surface area (TPSA) is 75.0 Å². The number of aromatic nitrogens is 3. The number of hydrogen-bond donors (Lipinski definition) is 2. The lowest BCUT2D eigenvalue weighted by Crippen LogP contribution is -2.26. The Morgan fingerprint density at radius 3 is 2.63 bits per heavy atom. The molecule has 0 bridgehead atoms. The monoisotopic (exact) mass is 421 g/mol. The maximum atomic E-state index is 12.9. The summed E-state index contributed by atoms with van der Waals surface area (Å²) in [5, 5.41) is 5.06. The fourth-order valence-electron chi connectivity index (χ4n) is 4.38. The molecular weight excluding hydrogens is 393 g/mol. The highest BCUT2D eigenvalue weighted by Crippen LogP contribution is 2.43. The lowest BCUT2D eigenvalue weighted by Gasteiger charge is -2.27. The van der Waals surface area contributed by atoms with Crippen molar-refractivity contribution in [3.63, 3.8) is 0 Å². The van der Waals surface area contributed by atoms with E-state index in [-0.39, 0.29) is 0 Å². The van der Waals surface area contributed by atoms with Crippen molar-refractivity contribution in [2.75, 3.05) is 18.6 Å². The van der Waals surface area contributed by atoms with E-state index < -0.39 is 7.14 Å². The van der Waals surface area contributed by atoms with Gasteiger partial charge < -0.3 is 14.9 Å². The third-order valence-corrected chi connectivity index (χ3v) is 7.57. The molecule has 7 heteroatoms. The van der Waals surface area contributed by atoms with Gasteiger partial charge in [-0.25, -0.2) is 14.8 Å². The second kappa shape index (κ2) is 7.89. The molecule has 4 rings (SSSR count). The first-order chi connectivity index (χ1) is 14.3. The molecule has 0 atom stereocenters. The van der Waals surface area contributed by atoms with E-state index >= 15 is 0 Å². The first kappa shape index (κ1) is 20.6. The van der Waals surface area contributed by atoms with Crippen LogP contribution in [0.5, 0.6) is 0 Å². The van der Waals surface area contributed by atoms with E-state index in [0.29, 0.717) is 23.0 Å². The number of benzene rings is 1. The van der Waals surface area contributed by atoms with E-state index in [1.807, 2.05) is 25.4 Å². The third kappa shape index (κ3) is 3.87. The molecule has 1 aliphatic carbocycles. The van der Waals surface area contributed by atoms with Crippen molar-refractivity contribution in [2.24, 2.45) is 5.92 Å². The number of nitrogens with one attached hydrogen (secondary N) is 2. The molecule has 3 aromatic rings. The molecule has 30 heavy (non-hydrogen) atoms. The first-order valence-corrected chi connectivity index (χ1v) is 13.1. The highest BCUT2D eigenvalue weighted by Gasteiger charge is 2.23. The summed E-state index contributed by atoms with van der Waals surface area (Å²) >= 11 is 0. The van der Waals surface area contributed by atoms with Crippen LogP contribution in [0.15, 0.2) is 24.5 Å². The number of aromatic amines is 1. The Morgan fingerprint density at radius 1 is 1.23 bits per heavy atom. The van der Waals surface area contributed by atoms with Gasteiger partial charge in [0.05, 0.1) is 12.3 Å². The highest BCUT2D eigenvalue weighted by molar-refractivity contribution is 7.71. The van der Waals surface area contributed by atoms with Crippen LogP contribution in [0.2, 0.25) is 0 Å². The molecule has 2 N–H and O–H groups in total. The van der Waals surface area contributed by atoms with Crippen LogP contribution >= 0.6 is 7.14 Å². The molecule has 1 saturated carbocycles. The lowest BCUT2D eigenvalue weighted by atomic mass is 9.87. The van der Waals surface area contributed by atoms with Crippen molar-refractivity contribution in [1.82, 2.24) is 15.0 Å². The van der Waals surface area contributed by atoms with Crippen LogP contribution in [0.1, 0.15) is 38.2 Å². The van der Waals surface area contributed by atoms with E-state index in [1.54, 1.807) is 19.4 Å². The van der Waals surface area contributed by atoms with Crippen LogP contribution in [0.3, 0.4) is 0 Å². The number of aryl methyl sites for hydroxylation is 1. The molecular formula is C23H28N5OP. The molecule has 0 aliphatic heterocycles. The minimum absolute atomic E-state index is 0.415. The Kier molecular flexibility index (Phi) is 5.42. The number of anilines is 1. The van der Waals surface area contributed by atoms with Crippen LogP contribution < -0.4 is 10.6 Å². The van der Waals surface area contributed by atoms with Gasteiger partial charge in [0.25, 0.3) is 0 Å². The zero-order valence-corrected chi connectivity index (χ0v) is 18.9. The summed E-state index contributed by atoms with van der Waals surface area (Å²) in [6, 6.07) is 4.10. The standard InChI is InChI=1S/C23H28N5OP/c1-14-6-8-16(9-7-14)27-23-26-12-15(2)20(28-23)18-13-25-21-17(18)10-11-19(24-3)22(21)30(4,5)29/h10-14,16,25H,6-9H2,1-2,4-5H3,(H,26,27,28). The summed E-state index contributed by atoms with van der Waals surface area (Å²) in [5.74, 6) is 1.45. The first-order valence-electron chi connectivity index (χ1n) is 10.5. The SMILES string of the molecule is [C-]#[N+]c1ccc2c(-c3nc(NC4CCC(C)CC4)ncc3C)c[nH]c2c1P(C)(C)=O. The van der Waals surface area contributed by atoms with E-state index in [2.05, 4.69) is 27.1 Å².